The fraction of sp³-hybridized carbons (Fsp3) is 0.333. The van der Waals surface area contributed by atoms with Crippen molar-refractivity contribution >= 4 is 16.7 Å². The average molecular weight is 277 g/mol. The van der Waals surface area contributed by atoms with E-state index in [9.17, 15) is 14.0 Å². The summed E-state index contributed by atoms with van der Waals surface area (Å²) in [6, 6.07) is 5.17. The van der Waals surface area contributed by atoms with Crippen LogP contribution in [0.4, 0.5) is 4.39 Å². The van der Waals surface area contributed by atoms with Crippen LogP contribution in [0.2, 0.25) is 0 Å². The zero-order chi connectivity index (χ0) is 14.7. The maximum atomic E-state index is 13.2. The highest BCUT2D eigenvalue weighted by molar-refractivity contribution is 5.95. The van der Waals surface area contributed by atoms with Crippen LogP contribution >= 0.6 is 0 Å². The van der Waals surface area contributed by atoms with E-state index in [-0.39, 0.29) is 17.1 Å². The third-order valence-electron chi connectivity index (χ3n) is 3.13. The Balaban J connectivity index is 2.40. The van der Waals surface area contributed by atoms with Gasteiger partial charge in [-0.1, -0.05) is 13.3 Å². The molecule has 0 atom stereocenters. The molecule has 0 spiro atoms. The minimum atomic E-state index is -0.630. The lowest BCUT2D eigenvalue weighted by Gasteiger charge is -2.15. The zero-order valence-electron chi connectivity index (χ0n) is 11.5. The highest BCUT2D eigenvalue weighted by Gasteiger charge is 2.16. The van der Waals surface area contributed by atoms with Gasteiger partial charge in [0.15, 0.2) is 5.76 Å². The topological polar surface area (TPSA) is 50.5 Å². The van der Waals surface area contributed by atoms with Crippen LogP contribution in [-0.4, -0.2) is 24.4 Å². The van der Waals surface area contributed by atoms with Crippen LogP contribution in [0.1, 0.15) is 30.3 Å². The van der Waals surface area contributed by atoms with E-state index in [2.05, 4.69) is 0 Å². The summed E-state index contributed by atoms with van der Waals surface area (Å²) in [4.78, 5) is 25.4. The number of hydrogen-bond acceptors (Lipinski definition) is 3. The van der Waals surface area contributed by atoms with Gasteiger partial charge in [0.1, 0.15) is 5.82 Å². The van der Waals surface area contributed by atoms with Gasteiger partial charge in [-0.05, 0) is 36.1 Å². The molecule has 0 radical (unpaired) electrons. The molecular weight excluding hydrogens is 261 g/mol. The molecule has 1 amide bonds. The first-order valence-corrected chi connectivity index (χ1v) is 6.52. The number of unbranched alkanes of at least 4 members (excludes halogenated alkanes) is 1. The molecule has 0 N–H and O–H groups in total. The largest absolute Gasteiger partial charge is 0.417 e. The molecule has 0 unspecified atom stereocenters. The lowest BCUT2D eigenvalue weighted by Crippen LogP contribution is -2.28. The van der Waals surface area contributed by atoms with Gasteiger partial charge in [0, 0.05) is 13.6 Å². The lowest BCUT2D eigenvalue weighted by atomic mass is 10.1. The lowest BCUT2D eigenvalue weighted by molar-refractivity contribution is 0.0757. The molecule has 0 aliphatic rings. The molecule has 0 saturated heterocycles. The van der Waals surface area contributed by atoms with Gasteiger partial charge in [0.25, 0.3) is 5.91 Å². The third-order valence-corrected chi connectivity index (χ3v) is 3.13. The van der Waals surface area contributed by atoms with E-state index in [0.29, 0.717) is 11.9 Å². The summed E-state index contributed by atoms with van der Waals surface area (Å²) in [7, 11) is 1.65. The Morgan fingerprint density at radius 1 is 1.35 bits per heavy atom. The predicted molar refractivity (Wildman–Crippen MR) is 74.3 cm³/mol. The van der Waals surface area contributed by atoms with Crippen LogP contribution in [0.3, 0.4) is 0 Å². The second kappa shape index (κ2) is 5.86. The Kier molecular flexibility index (Phi) is 4.17. The van der Waals surface area contributed by atoms with Gasteiger partial charge in [-0.25, -0.2) is 9.18 Å². The van der Waals surface area contributed by atoms with E-state index in [0.717, 1.165) is 12.8 Å². The minimum absolute atomic E-state index is 0.0632. The molecule has 0 bridgehead atoms. The van der Waals surface area contributed by atoms with Crippen LogP contribution in [0.25, 0.3) is 10.8 Å². The Bertz CT molecular complexity index is 693. The van der Waals surface area contributed by atoms with Gasteiger partial charge < -0.3 is 9.32 Å². The van der Waals surface area contributed by atoms with E-state index in [1.54, 1.807) is 7.05 Å². The number of benzene rings is 1. The highest BCUT2D eigenvalue weighted by Crippen LogP contribution is 2.15. The Morgan fingerprint density at radius 2 is 2.10 bits per heavy atom. The fourth-order valence-electron chi connectivity index (χ4n) is 1.95. The Morgan fingerprint density at radius 3 is 2.80 bits per heavy atom. The number of nitrogens with zero attached hydrogens (tertiary/aromatic N) is 1. The number of rotatable bonds is 4. The van der Waals surface area contributed by atoms with Crippen molar-refractivity contribution in [1.82, 2.24) is 4.90 Å². The third kappa shape index (κ3) is 2.87. The number of carbonyl (C=O) groups excluding carboxylic acids is 1. The monoisotopic (exact) mass is 277 g/mol. The van der Waals surface area contributed by atoms with E-state index < -0.39 is 11.4 Å². The molecule has 106 valence electrons. The van der Waals surface area contributed by atoms with Gasteiger partial charge in [-0.2, -0.15) is 0 Å². The van der Waals surface area contributed by atoms with E-state index in [4.69, 9.17) is 4.42 Å². The first kappa shape index (κ1) is 14.2. The molecule has 0 fully saturated rings. The van der Waals surface area contributed by atoms with E-state index in [1.807, 2.05) is 6.92 Å². The molecule has 0 saturated carbocycles. The smallest absolute Gasteiger partial charge is 0.344 e. The van der Waals surface area contributed by atoms with Crippen LogP contribution in [0, 0.1) is 5.82 Å². The van der Waals surface area contributed by atoms with Crippen molar-refractivity contribution in [2.45, 2.75) is 19.8 Å². The molecule has 20 heavy (non-hydrogen) atoms. The second-order valence-electron chi connectivity index (χ2n) is 4.71. The molecule has 1 aromatic heterocycles. The van der Waals surface area contributed by atoms with Crippen molar-refractivity contribution in [2.75, 3.05) is 13.6 Å². The summed E-state index contributed by atoms with van der Waals surface area (Å²) in [5.41, 5.74) is -0.630. The summed E-state index contributed by atoms with van der Waals surface area (Å²) in [5.74, 6) is -0.894. The van der Waals surface area contributed by atoms with Crippen molar-refractivity contribution in [3.05, 3.63) is 46.3 Å². The zero-order valence-corrected chi connectivity index (χ0v) is 11.5. The molecule has 2 aromatic rings. The van der Waals surface area contributed by atoms with Crippen molar-refractivity contribution < 1.29 is 13.6 Å². The van der Waals surface area contributed by atoms with Crippen molar-refractivity contribution in [2.24, 2.45) is 0 Å². The SMILES string of the molecule is CCCCN(C)C(=O)c1cc2cc(F)ccc2c(=O)o1. The minimum Gasteiger partial charge on any atom is -0.417 e. The van der Waals surface area contributed by atoms with E-state index >= 15 is 0 Å². The number of carbonyl (C=O) groups is 1. The van der Waals surface area contributed by atoms with Gasteiger partial charge in [-0.15, -0.1) is 0 Å². The summed E-state index contributed by atoms with van der Waals surface area (Å²) in [5, 5.41) is 0.632. The van der Waals surface area contributed by atoms with Crippen molar-refractivity contribution in [3.8, 4) is 0 Å². The van der Waals surface area contributed by atoms with Gasteiger partial charge >= 0.3 is 5.63 Å². The summed E-state index contributed by atoms with van der Waals surface area (Å²) in [6.07, 6.45) is 1.83. The molecule has 2 rings (SSSR count). The Hall–Kier alpha value is -2.17. The molecule has 1 heterocycles. The van der Waals surface area contributed by atoms with Crippen LogP contribution in [0.5, 0.6) is 0 Å². The van der Waals surface area contributed by atoms with Gasteiger partial charge in [0.2, 0.25) is 0 Å². The maximum Gasteiger partial charge on any atom is 0.344 e. The van der Waals surface area contributed by atoms with Crippen molar-refractivity contribution in [1.29, 1.82) is 0 Å². The number of fused-ring (bicyclic) bond motifs is 1. The first-order valence-electron chi connectivity index (χ1n) is 6.52. The number of hydrogen-bond donors (Lipinski definition) is 0. The standard InChI is InChI=1S/C15H16FNO3/c1-3-4-7-17(2)14(18)13-9-10-8-11(16)5-6-12(10)15(19)20-13/h5-6,8-9H,3-4,7H2,1-2H3. The van der Waals surface area contributed by atoms with Crippen LogP contribution < -0.4 is 5.63 Å². The number of halogens is 1. The molecule has 4 nitrogen and oxygen atoms in total. The molecule has 0 aliphatic heterocycles. The fourth-order valence-corrected chi connectivity index (χ4v) is 1.95. The van der Waals surface area contributed by atoms with Crippen LogP contribution in [0.15, 0.2) is 33.5 Å². The quantitative estimate of drug-likeness (QED) is 0.863. The van der Waals surface area contributed by atoms with E-state index in [1.165, 1.54) is 29.2 Å². The molecule has 1 aromatic carbocycles. The molecule has 0 aliphatic carbocycles. The Labute approximate surface area is 115 Å². The van der Waals surface area contributed by atoms with Gasteiger partial charge in [0.05, 0.1) is 5.39 Å². The van der Waals surface area contributed by atoms with Crippen LogP contribution in [-0.2, 0) is 0 Å². The number of amides is 1. The maximum absolute atomic E-state index is 13.2. The summed E-state index contributed by atoms with van der Waals surface area (Å²) < 4.78 is 18.2. The highest BCUT2D eigenvalue weighted by atomic mass is 19.1. The second-order valence-corrected chi connectivity index (χ2v) is 4.71. The first-order chi connectivity index (χ1) is 9.52. The summed E-state index contributed by atoms with van der Waals surface area (Å²) in [6.45, 7) is 2.61. The van der Waals surface area contributed by atoms with Gasteiger partial charge in [-0.3, -0.25) is 4.79 Å². The molecular formula is C15H16FNO3. The van der Waals surface area contributed by atoms with Crippen molar-refractivity contribution in [3.63, 3.8) is 0 Å². The molecule has 5 heteroatoms. The average Bonchev–Trinajstić information content (AvgIpc) is 2.43. The summed E-state index contributed by atoms with van der Waals surface area (Å²) >= 11 is 0. The normalized spacial score (nSPS) is 10.8. The predicted octanol–water partition coefficient (Wildman–Crippen LogP) is 2.80.